The molecule has 0 saturated carbocycles. The van der Waals surface area contributed by atoms with E-state index in [0.717, 1.165) is 38.3 Å². The number of hydrogen-bond acceptors (Lipinski definition) is 3. The van der Waals surface area contributed by atoms with Crippen molar-refractivity contribution in [2.45, 2.75) is 25.9 Å². The van der Waals surface area contributed by atoms with Gasteiger partial charge in [0, 0.05) is 38.4 Å². The van der Waals surface area contributed by atoms with Crippen molar-refractivity contribution < 1.29 is 5.11 Å². The topological polar surface area (TPSA) is 41.3 Å². The summed E-state index contributed by atoms with van der Waals surface area (Å²) in [6.45, 7) is 5.17. The first-order valence-corrected chi connectivity index (χ1v) is 8.73. The number of imidazole rings is 1. The number of piperidine rings is 1. The lowest BCUT2D eigenvalue weighted by Crippen LogP contribution is -2.39. The van der Waals surface area contributed by atoms with E-state index in [1.165, 1.54) is 11.1 Å². The highest BCUT2D eigenvalue weighted by Gasteiger charge is 2.29. The summed E-state index contributed by atoms with van der Waals surface area (Å²) in [6, 6.07) is 10.4. The summed E-state index contributed by atoms with van der Waals surface area (Å²) < 4.78 is 1.92. The second-order valence-electron chi connectivity index (χ2n) is 6.88. The van der Waals surface area contributed by atoms with Crippen LogP contribution in [0.15, 0.2) is 48.3 Å². The molecule has 1 fully saturated rings. The normalized spacial score (nSPS) is 21.0. The van der Waals surface area contributed by atoms with Crippen LogP contribution in [0.5, 0.6) is 0 Å². The summed E-state index contributed by atoms with van der Waals surface area (Å²) in [5.74, 6) is 1.03. The Labute approximate surface area is 144 Å². The molecule has 2 heterocycles. The summed E-state index contributed by atoms with van der Waals surface area (Å²) in [6.07, 6.45) is 7.61. The summed E-state index contributed by atoms with van der Waals surface area (Å²) >= 11 is 0. The zero-order valence-electron chi connectivity index (χ0n) is 14.6. The zero-order chi connectivity index (χ0) is 16.9. The van der Waals surface area contributed by atoms with Crippen LogP contribution in [-0.2, 0) is 7.05 Å². The van der Waals surface area contributed by atoms with Crippen molar-refractivity contribution in [2.24, 2.45) is 13.0 Å². The number of aliphatic hydroxyl groups excluding tert-OH is 1. The Morgan fingerprint density at radius 2 is 2.17 bits per heavy atom. The van der Waals surface area contributed by atoms with Crippen molar-refractivity contribution in [2.75, 3.05) is 19.6 Å². The molecule has 2 atom stereocenters. The van der Waals surface area contributed by atoms with Crippen molar-refractivity contribution in [3.63, 3.8) is 0 Å². The monoisotopic (exact) mass is 325 g/mol. The van der Waals surface area contributed by atoms with Gasteiger partial charge in [-0.25, -0.2) is 4.98 Å². The zero-order valence-corrected chi connectivity index (χ0v) is 14.6. The molecule has 0 spiro atoms. The van der Waals surface area contributed by atoms with Crippen LogP contribution in [0.4, 0.5) is 0 Å². The van der Waals surface area contributed by atoms with Crippen LogP contribution in [0.3, 0.4) is 0 Å². The molecular formula is C20H27N3O. The molecule has 4 heteroatoms. The molecule has 2 aromatic rings. The van der Waals surface area contributed by atoms with E-state index in [4.69, 9.17) is 0 Å². The lowest BCUT2D eigenvalue weighted by atomic mass is 9.91. The first-order valence-electron chi connectivity index (χ1n) is 8.73. The smallest absolute Gasteiger partial charge is 0.137 e. The van der Waals surface area contributed by atoms with E-state index in [1.807, 2.05) is 23.9 Å². The van der Waals surface area contributed by atoms with Crippen LogP contribution in [0, 0.1) is 5.92 Å². The fourth-order valence-corrected chi connectivity index (χ4v) is 3.60. The Morgan fingerprint density at radius 3 is 2.88 bits per heavy atom. The van der Waals surface area contributed by atoms with Crippen molar-refractivity contribution in [1.29, 1.82) is 0 Å². The van der Waals surface area contributed by atoms with Gasteiger partial charge in [0.25, 0.3) is 0 Å². The molecule has 0 aliphatic carbocycles. The van der Waals surface area contributed by atoms with Crippen LogP contribution < -0.4 is 0 Å². The Hall–Kier alpha value is -1.91. The summed E-state index contributed by atoms with van der Waals surface area (Å²) in [5, 5.41) is 10.7. The Bertz CT molecular complexity index is 677. The van der Waals surface area contributed by atoms with E-state index in [2.05, 4.69) is 47.1 Å². The van der Waals surface area contributed by atoms with Gasteiger partial charge in [-0.2, -0.15) is 0 Å². The van der Waals surface area contributed by atoms with Crippen LogP contribution in [-0.4, -0.2) is 39.2 Å². The van der Waals surface area contributed by atoms with E-state index >= 15 is 0 Å². The molecule has 1 saturated heterocycles. The van der Waals surface area contributed by atoms with Crippen molar-refractivity contribution >= 4 is 6.08 Å². The number of aromatic nitrogens is 2. The van der Waals surface area contributed by atoms with Gasteiger partial charge in [-0.05, 0) is 31.9 Å². The Balaban J connectivity index is 1.61. The number of aliphatic hydroxyl groups is 1. The van der Waals surface area contributed by atoms with Gasteiger partial charge >= 0.3 is 0 Å². The Morgan fingerprint density at radius 1 is 1.38 bits per heavy atom. The summed E-state index contributed by atoms with van der Waals surface area (Å²) in [5.41, 5.74) is 2.60. The number of nitrogens with zero attached hydrogens (tertiary/aromatic N) is 3. The molecule has 0 bridgehead atoms. The van der Waals surface area contributed by atoms with Gasteiger partial charge in [-0.15, -0.1) is 0 Å². The second-order valence-corrected chi connectivity index (χ2v) is 6.88. The highest BCUT2D eigenvalue weighted by molar-refractivity contribution is 5.52. The molecule has 0 amide bonds. The molecule has 1 aromatic carbocycles. The molecule has 4 nitrogen and oxygen atoms in total. The molecule has 0 radical (unpaired) electrons. The minimum Gasteiger partial charge on any atom is -0.385 e. The maximum atomic E-state index is 10.7. The van der Waals surface area contributed by atoms with E-state index < -0.39 is 6.10 Å². The van der Waals surface area contributed by atoms with Crippen LogP contribution in [0.25, 0.3) is 6.08 Å². The predicted molar refractivity (Wildman–Crippen MR) is 97.4 cm³/mol. The van der Waals surface area contributed by atoms with Crippen molar-refractivity contribution in [1.82, 2.24) is 14.5 Å². The molecule has 24 heavy (non-hydrogen) atoms. The average Bonchev–Trinajstić information content (AvgIpc) is 3.01. The van der Waals surface area contributed by atoms with E-state index in [9.17, 15) is 5.11 Å². The molecule has 1 aromatic heterocycles. The van der Waals surface area contributed by atoms with Gasteiger partial charge in [-0.1, -0.05) is 42.0 Å². The SMILES string of the molecule is C/C(=C/c1ccccc1)CN1CCCC(C(O)c2nccn2C)C1. The number of benzene rings is 1. The first kappa shape index (κ1) is 16.9. The number of aryl methyl sites for hydroxylation is 1. The van der Waals surface area contributed by atoms with Crippen molar-refractivity contribution in [3.05, 3.63) is 59.7 Å². The predicted octanol–water partition coefficient (Wildman–Crippen LogP) is 3.27. The van der Waals surface area contributed by atoms with Gasteiger partial charge in [0.15, 0.2) is 0 Å². The van der Waals surface area contributed by atoms with Crippen molar-refractivity contribution in [3.8, 4) is 0 Å². The highest BCUT2D eigenvalue weighted by atomic mass is 16.3. The first-order chi connectivity index (χ1) is 11.6. The van der Waals surface area contributed by atoms with Gasteiger partial charge in [0.05, 0.1) is 0 Å². The third-order valence-electron chi connectivity index (χ3n) is 4.80. The lowest BCUT2D eigenvalue weighted by molar-refractivity contribution is 0.0461. The van der Waals surface area contributed by atoms with Crippen LogP contribution in [0.1, 0.15) is 37.3 Å². The molecular weight excluding hydrogens is 298 g/mol. The summed E-state index contributed by atoms with van der Waals surface area (Å²) in [4.78, 5) is 6.77. The summed E-state index contributed by atoms with van der Waals surface area (Å²) in [7, 11) is 1.94. The fraction of sp³-hybridized carbons (Fsp3) is 0.450. The van der Waals surface area contributed by atoms with Gasteiger partial charge in [0.1, 0.15) is 11.9 Å². The second kappa shape index (κ2) is 7.77. The van der Waals surface area contributed by atoms with Crippen LogP contribution in [0.2, 0.25) is 0 Å². The van der Waals surface area contributed by atoms with E-state index in [-0.39, 0.29) is 5.92 Å². The van der Waals surface area contributed by atoms with E-state index in [1.54, 1.807) is 6.20 Å². The van der Waals surface area contributed by atoms with Gasteiger partial charge < -0.3 is 9.67 Å². The minimum atomic E-state index is -0.480. The molecule has 1 N–H and O–H groups in total. The number of rotatable bonds is 5. The quantitative estimate of drug-likeness (QED) is 0.917. The third kappa shape index (κ3) is 4.13. The maximum Gasteiger partial charge on any atom is 0.137 e. The largest absolute Gasteiger partial charge is 0.385 e. The third-order valence-corrected chi connectivity index (χ3v) is 4.80. The molecule has 3 rings (SSSR count). The average molecular weight is 325 g/mol. The lowest BCUT2D eigenvalue weighted by Gasteiger charge is -2.35. The fourth-order valence-electron chi connectivity index (χ4n) is 3.60. The maximum absolute atomic E-state index is 10.7. The standard InChI is InChI=1S/C20H27N3O/c1-16(13-17-7-4-3-5-8-17)14-23-11-6-9-18(15-23)19(24)20-21-10-12-22(20)2/h3-5,7-8,10,12-13,18-19,24H,6,9,11,14-15H2,1-2H3/b16-13-. The minimum absolute atomic E-state index is 0.254. The Kier molecular flexibility index (Phi) is 5.48. The molecule has 2 unspecified atom stereocenters. The highest BCUT2D eigenvalue weighted by Crippen LogP contribution is 2.29. The molecule has 128 valence electrons. The van der Waals surface area contributed by atoms with Crippen LogP contribution >= 0.6 is 0 Å². The van der Waals surface area contributed by atoms with Gasteiger partial charge in [-0.3, -0.25) is 4.90 Å². The number of likely N-dealkylation sites (tertiary alicyclic amines) is 1. The molecule has 1 aliphatic heterocycles. The molecule has 1 aliphatic rings. The number of hydrogen-bond donors (Lipinski definition) is 1. The van der Waals surface area contributed by atoms with E-state index in [0.29, 0.717) is 0 Å². The van der Waals surface area contributed by atoms with Gasteiger partial charge in [0.2, 0.25) is 0 Å².